The lowest BCUT2D eigenvalue weighted by molar-refractivity contribution is 0.549. The second-order valence-electron chi connectivity index (χ2n) is 3.53. The lowest BCUT2D eigenvalue weighted by atomic mass is 10.0. The van der Waals surface area contributed by atoms with Gasteiger partial charge in [-0.2, -0.15) is 0 Å². The van der Waals surface area contributed by atoms with Gasteiger partial charge in [-0.05, 0) is 24.1 Å². The Labute approximate surface area is 111 Å². The van der Waals surface area contributed by atoms with Crippen molar-refractivity contribution in [3.05, 3.63) is 45.4 Å². The van der Waals surface area contributed by atoms with E-state index in [1.54, 1.807) is 6.07 Å². The van der Waals surface area contributed by atoms with Crippen LogP contribution in [0.5, 0.6) is 0 Å². The summed E-state index contributed by atoms with van der Waals surface area (Å²) in [6.07, 6.45) is 0.947. The lowest BCUT2D eigenvalue weighted by Crippen LogP contribution is -2.21. The highest BCUT2D eigenvalue weighted by Gasteiger charge is 2.10. The number of hydrogen-bond donors (Lipinski definition) is 1. The van der Waals surface area contributed by atoms with Crippen molar-refractivity contribution in [3.8, 4) is 0 Å². The quantitative estimate of drug-likeness (QED) is 0.817. The molecular weight excluding hydrogens is 264 g/mol. The molecule has 0 aliphatic rings. The summed E-state index contributed by atoms with van der Waals surface area (Å²) in [4.78, 5) is 0. The van der Waals surface area contributed by atoms with E-state index in [-0.39, 0.29) is 6.04 Å². The van der Waals surface area contributed by atoms with Crippen LogP contribution in [0, 0.1) is 0 Å². The van der Waals surface area contributed by atoms with Crippen molar-refractivity contribution >= 4 is 34.8 Å². The molecule has 1 N–H and O–H groups in total. The zero-order valence-corrected chi connectivity index (χ0v) is 11.3. The molecule has 88 valence electrons. The maximum atomic E-state index is 5.97. The van der Waals surface area contributed by atoms with E-state index in [0.717, 1.165) is 12.0 Å². The summed E-state index contributed by atoms with van der Waals surface area (Å²) >= 11 is 17.6. The molecule has 0 radical (unpaired) electrons. The summed E-state index contributed by atoms with van der Waals surface area (Å²) in [5.41, 5.74) is 1.11. The average Bonchev–Trinajstić information content (AvgIpc) is 2.23. The molecule has 0 aliphatic heterocycles. The third-order valence-corrected chi connectivity index (χ3v) is 3.17. The molecule has 0 spiro atoms. The molecule has 0 bridgehead atoms. The second-order valence-corrected chi connectivity index (χ2v) is 4.88. The van der Waals surface area contributed by atoms with E-state index in [4.69, 9.17) is 34.8 Å². The zero-order chi connectivity index (χ0) is 12.1. The zero-order valence-electron chi connectivity index (χ0n) is 9.06. The predicted octanol–water partition coefficient (Wildman–Crippen LogP) is 4.79. The Hall–Kier alpha value is -0.210. The highest BCUT2D eigenvalue weighted by atomic mass is 35.5. The van der Waals surface area contributed by atoms with Crippen molar-refractivity contribution in [3.63, 3.8) is 0 Å². The Kier molecular flexibility index (Phi) is 5.63. The molecule has 0 fully saturated rings. The van der Waals surface area contributed by atoms with Gasteiger partial charge in [-0.25, -0.2) is 0 Å². The van der Waals surface area contributed by atoms with Crippen LogP contribution in [0.3, 0.4) is 0 Å². The molecule has 1 rings (SSSR count). The molecule has 1 unspecified atom stereocenters. The smallest absolute Gasteiger partial charge is 0.0595 e. The lowest BCUT2D eigenvalue weighted by Gasteiger charge is -2.17. The van der Waals surface area contributed by atoms with Gasteiger partial charge < -0.3 is 5.32 Å². The SMILES string of the molecule is C=C(Cl)CNC(CC)c1ccc(Cl)c(Cl)c1. The van der Waals surface area contributed by atoms with Crippen LogP contribution in [0.1, 0.15) is 24.9 Å². The van der Waals surface area contributed by atoms with E-state index in [1.807, 2.05) is 12.1 Å². The number of halogens is 3. The van der Waals surface area contributed by atoms with Gasteiger partial charge in [0.05, 0.1) is 10.0 Å². The van der Waals surface area contributed by atoms with Crippen molar-refractivity contribution in [2.24, 2.45) is 0 Å². The van der Waals surface area contributed by atoms with Gasteiger partial charge in [-0.1, -0.05) is 54.4 Å². The maximum Gasteiger partial charge on any atom is 0.0595 e. The van der Waals surface area contributed by atoms with Crippen LogP contribution in [0.15, 0.2) is 29.8 Å². The molecule has 16 heavy (non-hydrogen) atoms. The van der Waals surface area contributed by atoms with E-state index >= 15 is 0 Å². The molecule has 4 heteroatoms. The van der Waals surface area contributed by atoms with Crippen LogP contribution in [0.4, 0.5) is 0 Å². The molecule has 0 amide bonds. The summed E-state index contributed by atoms with van der Waals surface area (Å²) in [5, 5.41) is 5.04. The molecule has 0 heterocycles. The van der Waals surface area contributed by atoms with E-state index in [9.17, 15) is 0 Å². The normalized spacial score (nSPS) is 12.5. The largest absolute Gasteiger partial charge is 0.305 e. The summed E-state index contributed by atoms with van der Waals surface area (Å²) in [5.74, 6) is 0. The molecule has 0 aromatic heterocycles. The van der Waals surface area contributed by atoms with Crippen molar-refractivity contribution in [2.75, 3.05) is 6.54 Å². The summed E-state index contributed by atoms with van der Waals surface area (Å²) < 4.78 is 0. The predicted molar refractivity (Wildman–Crippen MR) is 72.5 cm³/mol. The summed E-state index contributed by atoms with van der Waals surface area (Å²) in [6, 6.07) is 5.86. The minimum atomic E-state index is 0.213. The monoisotopic (exact) mass is 277 g/mol. The fraction of sp³-hybridized carbons (Fsp3) is 0.333. The highest BCUT2D eigenvalue weighted by Crippen LogP contribution is 2.26. The first-order valence-corrected chi connectivity index (χ1v) is 6.19. The van der Waals surface area contributed by atoms with Crippen LogP contribution < -0.4 is 5.32 Å². The average molecular weight is 279 g/mol. The first-order chi connectivity index (χ1) is 7.54. The number of hydrogen-bond acceptors (Lipinski definition) is 1. The van der Waals surface area contributed by atoms with Gasteiger partial charge >= 0.3 is 0 Å². The molecule has 0 saturated heterocycles. The van der Waals surface area contributed by atoms with Crippen molar-refractivity contribution in [1.29, 1.82) is 0 Å². The van der Waals surface area contributed by atoms with Crippen LogP contribution in [-0.4, -0.2) is 6.54 Å². The van der Waals surface area contributed by atoms with Crippen LogP contribution in [0.25, 0.3) is 0 Å². The number of benzene rings is 1. The first kappa shape index (κ1) is 13.9. The number of rotatable bonds is 5. The third kappa shape index (κ3) is 3.99. The molecule has 1 atom stereocenters. The standard InChI is InChI=1S/C12H14Cl3N/c1-3-12(16-7-8(2)13)9-4-5-10(14)11(15)6-9/h4-6,12,16H,2-3,7H2,1H3. The Morgan fingerprint density at radius 2 is 2.06 bits per heavy atom. The van der Waals surface area contributed by atoms with Crippen molar-refractivity contribution < 1.29 is 0 Å². The van der Waals surface area contributed by atoms with E-state index in [1.165, 1.54) is 0 Å². The van der Waals surface area contributed by atoms with Gasteiger partial charge in [-0.3, -0.25) is 0 Å². The van der Waals surface area contributed by atoms with Crippen molar-refractivity contribution in [1.82, 2.24) is 5.32 Å². The van der Waals surface area contributed by atoms with Gasteiger partial charge in [0.2, 0.25) is 0 Å². The molecule has 1 nitrogen and oxygen atoms in total. The fourth-order valence-corrected chi connectivity index (χ4v) is 1.84. The summed E-state index contributed by atoms with van der Waals surface area (Å²) in [6.45, 7) is 6.32. The van der Waals surface area contributed by atoms with Gasteiger partial charge in [-0.15, -0.1) is 0 Å². The number of nitrogens with one attached hydrogen (secondary N) is 1. The molecular formula is C12H14Cl3N. The fourth-order valence-electron chi connectivity index (χ4n) is 1.46. The first-order valence-electron chi connectivity index (χ1n) is 5.06. The van der Waals surface area contributed by atoms with E-state index < -0.39 is 0 Å². The van der Waals surface area contributed by atoms with Crippen LogP contribution in [-0.2, 0) is 0 Å². The molecule has 1 aromatic rings. The Bertz CT molecular complexity index is 377. The van der Waals surface area contributed by atoms with Gasteiger partial charge in [0.1, 0.15) is 0 Å². The third-order valence-electron chi connectivity index (χ3n) is 2.29. The minimum absolute atomic E-state index is 0.213. The molecule has 1 aromatic carbocycles. The topological polar surface area (TPSA) is 12.0 Å². The molecule has 0 saturated carbocycles. The minimum Gasteiger partial charge on any atom is -0.305 e. The Balaban J connectivity index is 2.78. The second kappa shape index (κ2) is 6.51. The van der Waals surface area contributed by atoms with E-state index in [2.05, 4.69) is 18.8 Å². The van der Waals surface area contributed by atoms with Crippen molar-refractivity contribution in [2.45, 2.75) is 19.4 Å². The van der Waals surface area contributed by atoms with Gasteiger partial charge in [0.25, 0.3) is 0 Å². The van der Waals surface area contributed by atoms with Crippen LogP contribution >= 0.6 is 34.8 Å². The maximum absolute atomic E-state index is 5.97. The molecule has 0 aliphatic carbocycles. The Morgan fingerprint density at radius 3 is 2.56 bits per heavy atom. The van der Waals surface area contributed by atoms with Gasteiger partial charge in [0, 0.05) is 17.6 Å². The van der Waals surface area contributed by atoms with E-state index in [0.29, 0.717) is 21.6 Å². The summed E-state index contributed by atoms with van der Waals surface area (Å²) in [7, 11) is 0. The highest BCUT2D eigenvalue weighted by molar-refractivity contribution is 6.42. The van der Waals surface area contributed by atoms with Gasteiger partial charge in [0.15, 0.2) is 0 Å². The van der Waals surface area contributed by atoms with Crippen LogP contribution in [0.2, 0.25) is 10.0 Å². The Morgan fingerprint density at radius 1 is 1.38 bits per heavy atom.